The van der Waals surface area contributed by atoms with Gasteiger partial charge in [0.05, 0.1) is 29.7 Å². The Morgan fingerprint density at radius 3 is 2.58 bits per heavy atom. The van der Waals surface area contributed by atoms with E-state index in [0.717, 1.165) is 30.7 Å². The van der Waals surface area contributed by atoms with Crippen LogP contribution in [0.15, 0.2) is 12.1 Å². The van der Waals surface area contributed by atoms with Gasteiger partial charge in [0.1, 0.15) is 41.0 Å². The second-order valence-corrected chi connectivity index (χ2v) is 15.2. The van der Waals surface area contributed by atoms with Crippen molar-refractivity contribution in [2.75, 3.05) is 43.4 Å². The summed E-state index contributed by atoms with van der Waals surface area (Å²) in [5.74, 6) is -1.22. The van der Waals surface area contributed by atoms with Gasteiger partial charge in [-0.15, -0.1) is 11.3 Å². The molecule has 0 aliphatic carbocycles. The van der Waals surface area contributed by atoms with Crippen molar-refractivity contribution in [2.24, 2.45) is 0 Å². The van der Waals surface area contributed by atoms with Crippen molar-refractivity contribution in [1.82, 2.24) is 19.8 Å². The third-order valence-electron chi connectivity index (χ3n) is 11.3. The maximum absolute atomic E-state index is 17.5. The Morgan fingerprint density at radius 1 is 1.08 bits per heavy atom. The molecular weight excluding hydrogens is 675 g/mol. The maximum Gasteiger partial charge on any atom is 0.345 e. The largest absolute Gasteiger partial charge is 0.461 e. The van der Waals surface area contributed by atoms with Crippen LogP contribution in [0.4, 0.5) is 24.0 Å². The maximum atomic E-state index is 17.5. The summed E-state index contributed by atoms with van der Waals surface area (Å²) in [6.45, 7) is 1.36. The molecule has 2 aromatic carbocycles. The summed E-state index contributed by atoms with van der Waals surface area (Å²) in [5, 5.41) is 40.8. The highest BCUT2D eigenvalue weighted by molar-refractivity contribution is 7.23. The fourth-order valence-electron chi connectivity index (χ4n) is 9.18. The Hall–Kier alpha value is -3.82. The number of aromatic nitrogens is 2. The summed E-state index contributed by atoms with van der Waals surface area (Å²) in [6, 6.07) is 4.01. The van der Waals surface area contributed by atoms with Crippen LogP contribution in [0.25, 0.3) is 32.1 Å². The fraction of sp³-hybridized carbons (Fsp3) is 0.500. The van der Waals surface area contributed by atoms with Gasteiger partial charge in [-0.2, -0.15) is 15.2 Å². The van der Waals surface area contributed by atoms with Crippen LogP contribution in [-0.2, 0) is 18.0 Å². The lowest BCUT2D eigenvalue weighted by Gasteiger charge is -2.44. The van der Waals surface area contributed by atoms with E-state index in [1.807, 2.05) is 4.90 Å². The van der Waals surface area contributed by atoms with Crippen LogP contribution in [0.3, 0.4) is 0 Å². The van der Waals surface area contributed by atoms with Crippen LogP contribution >= 0.6 is 11.3 Å². The van der Waals surface area contributed by atoms with E-state index in [9.17, 15) is 25.0 Å². The van der Waals surface area contributed by atoms with Crippen LogP contribution in [-0.4, -0.2) is 97.8 Å². The van der Waals surface area contributed by atoms with Crippen molar-refractivity contribution in [3.05, 3.63) is 40.5 Å². The molecule has 3 unspecified atom stereocenters. The van der Waals surface area contributed by atoms with Gasteiger partial charge in [-0.05, 0) is 55.5 Å². The predicted molar refractivity (Wildman–Crippen MR) is 177 cm³/mol. The number of ether oxygens (including phenoxy) is 2. The summed E-state index contributed by atoms with van der Waals surface area (Å²) < 4.78 is 60.8. The van der Waals surface area contributed by atoms with E-state index in [2.05, 4.69) is 16.0 Å². The highest BCUT2D eigenvalue weighted by atomic mass is 32.1. The molecule has 0 radical (unpaired) electrons. The van der Waals surface area contributed by atoms with Crippen molar-refractivity contribution in [1.29, 1.82) is 5.26 Å². The molecule has 2 aromatic heterocycles. The monoisotopic (exact) mass is 709 g/mol. The number of nitrogens with zero attached hydrogens (tertiary/aromatic N) is 6. The summed E-state index contributed by atoms with van der Waals surface area (Å²) in [6.07, 6.45) is -0.776. The van der Waals surface area contributed by atoms with Crippen molar-refractivity contribution in [3.8, 4) is 23.2 Å². The van der Waals surface area contributed by atoms with Crippen LogP contribution < -0.4 is 15.4 Å². The van der Waals surface area contributed by atoms with Gasteiger partial charge >= 0.3 is 12.1 Å². The van der Waals surface area contributed by atoms with Gasteiger partial charge in [-0.1, -0.05) is 0 Å². The van der Waals surface area contributed by atoms with Gasteiger partial charge in [0.25, 0.3) is 0 Å². The molecule has 4 atom stereocenters. The minimum absolute atomic E-state index is 0.0298. The van der Waals surface area contributed by atoms with Gasteiger partial charge < -0.3 is 35.4 Å². The molecule has 4 aromatic rings. The van der Waals surface area contributed by atoms with Crippen molar-refractivity contribution in [2.45, 2.75) is 75.2 Å². The molecule has 4 fully saturated rings. The second kappa shape index (κ2) is 11.3. The molecule has 50 heavy (non-hydrogen) atoms. The zero-order chi connectivity index (χ0) is 34.7. The molecule has 7 heterocycles. The van der Waals surface area contributed by atoms with Gasteiger partial charge in [0.15, 0.2) is 5.82 Å². The van der Waals surface area contributed by atoms with E-state index in [4.69, 9.17) is 20.2 Å². The molecule has 262 valence electrons. The normalized spacial score (nSPS) is 26.7. The number of fused-ring (bicyclic) bond motifs is 7. The van der Waals surface area contributed by atoms with Crippen LogP contribution in [0.5, 0.6) is 6.01 Å². The number of likely N-dealkylation sites (tertiary alicyclic amines) is 1. The Bertz CT molecular complexity index is 2110. The number of nitriles is 1. The summed E-state index contributed by atoms with van der Waals surface area (Å²) in [7, 11) is 0. The molecule has 0 spiro atoms. The lowest BCUT2D eigenvalue weighted by molar-refractivity contribution is -0.395. The van der Waals surface area contributed by atoms with Gasteiger partial charge in [0, 0.05) is 59.4 Å². The number of hydrogen-bond acceptors (Lipinski definition) is 13. The molecule has 2 bridgehead atoms. The topological polar surface area (TPSA) is 164 Å². The predicted octanol–water partition coefficient (Wildman–Crippen LogP) is 3.47. The SMILES string of the molecule is N#Cc1c(N)sc2ccc(F)c(-c3c4c(c5c(N6C7CCC6CN(C(O)(O)O)C7)nc(OC[C@@]67CCCN6CC(F)C7)nc5c3F)COC4)c12. The number of piperazine rings is 1. The van der Waals surface area contributed by atoms with Gasteiger partial charge in [-0.3, -0.25) is 4.90 Å². The number of nitrogen functional groups attached to an aromatic ring is 1. The first-order valence-corrected chi connectivity index (χ1v) is 17.5. The van der Waals surface area contributed by atoms with E-state index in [1.54, 1.807) is 0 Å². The lowest BCUT2D eigenvalue weighted by Crippen LogP contribution is -2.62. The average molecular weight is 710 g/mol. The number of alkyl halides is 1. The first-order valence-electron chi connectivity index (χ1n) is 16.7. The van der Waals surface area contributed by atoms with E-state index in [1.165, 1.54) is 17.0 Å². The van der Waals surface area contributed by atoms with Crippen molar-refractivity contribution >= 4 is 43.1 Å². The van der Waals surface area contributed by atoms with Crippen LogP contribution in [0.2, 0.25) is 0 Å². The minimum Gasteiger partial charge on any atom is -0.461 e. The van der Waals surface area contributed by atoms with Gasteiger partial charge in [-0.25, -0.2) is 18.1 Å². The first kappa shape index (κ1) is 32.1. The number of nitrogens with two attached hydrogens (primary N) is 1. The minimum atomic E-state index is -3.01. The summed E-state index contributed by atoms with van der Waals surface area (Å²) in [5.41, 5.74) is 6.35. The van der Waals surface area contributed by atoms with Gasteiger partial charge in [0.2, 0.25) is 0 Å². The Balaban J connectivity index is 1.26. The molecule has 16 heteroatoms. The molecule has 0 saturated carbocycles. The summed E-state index contributed by atoms with van der Waals surface area (Å²) in [4.78, 5) is 14.8. The number of benzene rings is 2. The number of halogens is 3. The molecule has 5 N–H and O–H groups in total. The zero-order valence-corrected chi connectivity index (χ0v) is 27.6. The third kappa shape index (κ3) is 4.71. The first-order chi connectivity index (χ1) is 24.0. The third-order valence-corrected chi connectivity index (χ3v) is 12.3. The molecule has 5 aliphatic heterocycles. The van der Waals surface area contributed by atoms with E-state index >= 15 is 8.78 Å². The molecule has 0 amide bonds. The number of hydrogen-bond donors (Lipinski definition) is 4. The standard InChI is InChI=1S/C34H34F3N7O5S/c35-16-8-33(6-1-7-42(33)10-16)15-49-32-40-29-26(31(41-32)44-17-2-3-18(44)12-43(11-17)34(45,46)47)21-14-48-13-20(21)25(28(29)37)27-22(36)4-5-23-24(27)19(9-38)30(39)50-23/h4-5,16-18,45-47H,1-3,6-8,10-15,39H2/t16?,17?,18?,33-/m0/s1. The second-order valence-electron chi connectivity index (χ2n) is 14.1. The zero-order valence-electron chi connectivity index (χ0n) is 26.8. The van der Waals surface area contributed by atoms with E-state index in [-0.39, 0.29) is 83.6 Å². The molecule has 4 saturated heterocycles. The molecule has 5 aliphatic rings. The fourth-order valence-corrected chi connectivity index (χ4v) is 10.1. The highest BCUT2D eigenvalue weighted by Crippen LogP contribution is 2.49. The van der Waals surface area contributed by atoms with Crippen LogP contribution in [0.1, 0.15) is 48.8 Å². The Kier molecular flexibility index (Phi) is 7.28. The number of aliphatic hydroxyl groups is 3. The number of thiophene rings is 1. The number of anilines is 2. The number of rotatable bonds is 6. The van der Waals surface area contributed by atoms with E-state index in [0.29, 0.717) is 52.8 Å². The van der Waals surface area contributed by atoms with Crippen molar-refractivity contribution < 1.29 is 38.0 Å². The smallest absolute Gasteiger partial charge is 0.345 e. The van der Waals surface area contributed by atoms with E-state index < -0.39 is 29.4 Å². The molecule has 9 rings (SSSR count). The Morgan fingerprint density at radius 2 is 1.84 bits per heavy atom. The quantitative estimate of drug-likeness (QED) is 0.216. The molecule has 12 nitrogen and oxygen atoms in total. The average Bonchev–Trinajstić information content (AvgIpc) is 3.88. The lowest BCUT2D eigenvalue weighted by atomic mass is 9.90. The Labute approximate surface area is 288 Å². The summed E-state index contributed by atoms with van der Waals surface area (Å²) >= 11 is 1.12. The van der Waals surface area contributed by atoms with Crippen molar-refractivity contribution in [3.63, 3.8) is 0 Å². The van der Waals surface area contributed by atoms with Crippen LogP contribution in [0, 0.1) is 23.0 Å². The molecular formula is C34H34F3N7O5S. The highest BCUT2D eigenvalue weighted by Gasteiger charge is 2.50.